The summed E-state index contributed by atoms with van der Waals surface area (Å²) >= 11 is 0. The van der Waals surface area contributed by atoms with Crippen LogP contribution in [-0.2, 0) is 5.41 Å². The molecule has 3 rings (SSSR count). The first-order valence-corrected chi connectivity index (χ1v) is 7.94. The van der Waals surface area contributed by atoms with Crippen molar-refractivity contribution in [3.63, 3.8) is 0 Å². The van der Waals surface area contributed by atoms with Crippen molar-refractivity contribution < 1.29 is 8.78 Å². The number of halogens is 2. The zero-order valence-electron chi connectivity index (χ0n) is 13.2. The molecule has 21 heavy (non-hydrogen) atoms. The molecule has 116 valence electrons. The van der Waals surface area contributed by atoms with Crippen LogP contribution in [-0.4, -0.2) is 12.1 Å². The van der Waals surface area contributed by atoms with Crippen molar-refractivity contribution in [3.05, 3.63) is 35.4 Å². The third-order valence-electron chi connectivity index (χ3n) is 5.27. The van der Waals surface area contributed by atoms with Gasteiger partial charge in [0.15, 0.2) is 0 Å². The molecule has 1 nitrogen and oxygen atoms in total. The molecular formula is C18H25F2N. The first-order chi connectivity index (χ1) is 9.72. The molecule has 0 saturated heterocycles. The van der Waals surface area contributed by atoms with Gasteiger partial charge in [0.25, 0.3) is 0 Å². The molecule has 0 unspecified atom stereocenters. The Morgan fingerprint density at radius 3 is 2.05 bits per heavy atom. The van der Waals surface area contributed by atoms with Crippen molar-refractivity contribution in [2.75, 3.05) is 6.54 Å². The summed E-state index contributed by atoms with van der Waals surface area (Å²) in [6.07, 6.45) is 5.99. The van der Waals surface area contributed by atoms with Crippen molar-refractivity contribution >= 4 is 0 Å². The van der Waals surface area contributed by atoms with Crippen molar-refractivity contribution in [1.82, 2.24) is 5.32 Å². The average molecular weight is 293 g/mol. The highest BCUT2D eigenvalue weighted by molar-refractivity contribution is 5.33. The van der Waals surface area contributed by atoms with E-state index in [1.165, 1.54) is 31.4 Å². The highest BCUT2D eigenvalue weighted by atomic mass is 19.1. The maximum Gasteiger partial charge on any atom is 0.126 e. The number of nitrogens with one attached hydrogen (secondary N) is 1. The van der Waals surface area contributed by atoms with Crippen LogP contribution in [0.15, 0.2) is 18.2 Å². The lowest BCUT2D eigenvalue weighted by molar-refractivity contribution is -0.0505. The molecule has 0 heterocycles. The largest absolute Gasteiger partial charge is 0.311 e. The van der Waals surface area contributed by atoms with Crippen LogP contribution in [0.2, 0.25) is 0 Å². The second kappa shape index (κ2) is 4.77. The van der Waals surface area contributed by atoms with E-state index in [2.05, 4.69) is 26.1 Å². The third kappa shape index (κ3) is 2.85. The Bertz CT molecular complexity index is 512. The van der Waals surface area contributed by atoms with Crippen molar-refractivity contribution in [3.8, 4) is 0 Å². The Morgan fingerprint density at radius 2 is 1.62 bits per heavy atom. The van der Waals surface area contributed by atoms with Gasteiger partial charge in [0, 0.05) is 23.6 Å². The molecule has 1 aromatic carbocycles. The normalized spacial score (nSPS) is 22.7. The van der Waals surface area contributed by atoms with Crippen LogP contribution in [0.1, 0.15) is 58.4 Å². The van der Waals surface area contributed by atoms with Crippen LogP contribution in [0.25, 0.3) is 0 Å². The Kier molecular flexibility index (Phi) is 3.40. The molecule has 1 spiro atoms. The summed E-state index contributed by atoms with van der Waals surface area (Å²) in [5.41, 5.74) is 1.20. The Labute approximate surface area is 126 Å². The molecule has 2 saturated carbocycles. The van der Waals surface area contributed by atoms with E-state index in [1.54, 1.807) is 0 Å². The van der Waals surface area contributed by atoms with Crippen molar-refractivity contribution in [2.45, 2.75) is 63.8 Å². The van der Waals surface area contributed by atoms with Crippen LogP contribution in [0.5, 0.6) is 0 Å². The van der Waals surface area contributed by atoms with E-state index in [1.807, 2.05) is 0 Å². The average Bonchev–Trinajstić information content (AvgIpc) is 2.22. The van der Waals surface area contributed by atoms with Gasteiger partial charge in [-0.05, 0) is 69.6 Å². The summed E-state index contributed by atoms with van der Waals surface area (Å²) in [5.74, 6) is -0.926. The van der Waals surface area contributed by atoms with E-state index in [0.29, 0.717) is 5.41 Å². The quantitative estimate of drug-likeness (QED) is 0.861. The Morgan fingerprint density at radius 1 is 1.05 bits per heavy atom. The van der Waals surface area contributed by atoms with Gasteiger partial charge in [-0.1, -0.05) is 6.42 Å². The number of hydrogen-bond donors (Lipinski definition) is 1. The topological polar surface area (TPSA) is 12.0 Å². The van der Waals surface area contributed by atoms with E-state index >= 15 is 0 Å². The lowest BCUT2D eigenvalue weighted by Gasteiger charge is -2.62. The minimum absolute atomic E-state index is 0.0151. The van der Waals surface area contributed by atoms with E-state index in [0.717, 1.165) is 31.0 Å². The van der Waals surface area contributed by atoms with Crippen LogP contribution in [0.4, 0.5) is 8.78 Å². The van der Waals surface area contributed by atoms with Gasteiger partial charge in [-0.25, -0.2) is 8.78 Å². The summed E-state index contributed by atoms with van der Waals surface area (Å²) in [4.78, 5) is 0. The third-order valence-corrected chi connectivity index (χ3v) is 5.27. The standard InChI is InChI=1S/C18H25F2N/c1-16(2,3)21-12-18(10-17(11-18)5-4-6-17)13-7-14(19)9-15(20)8-13/h7-9,21H,4-6,10-12H2,1-3H3. The number of hydrogen-bond acceptors (Lipinski definition) is 1. The predicted octanol–water partition coefficient (Wildman–Crippen LogP) is 4.55. The van der Waals surface area contributed by atoms with Gasteiger partial charge >= 0.3 is 0 Å². The molecular weight excluding hydrogens is 268 g/mol. The highest BCUT2D eigenvalue weighted by Gasteiger charge is 2.57. The van der Waals surface area contributed by atoms with Crippen LogP contribution < -0.4 is 5.32 Å². The predicted molar refractivity (Wildman–Crippen MR) is 81.3 cm³/mol. The van der Waals surface area contributed by atoms with E-state index < -0.39 is 11.6 Å². The first kappa shape index (κ1) is 15.0. The molecule has 0 aliphatic heterocycles. The minimum Gasteiger partial charge on any atom is -0.311 e. The van der Waals surface area contributed by atoms with E-state index in [9.17, 15) is 8.78 Å². The van der Waals surface area contributed by atoms with Gasteiger partial charge < -0.3 is 5.32 Å². The Hall–Kier alpha value is -0.960. The molecule has 3 heteroatoms. The van der Waals surface area contributed by atoms with E-state index in [4.69, 9.17) is 0 Å². The zero-order chi connectivity index (χ0) is 15.3. The minimum atomic E-state index is -0.463. The van der Waals surface area contributed by atoms with Gasteiger partial charge in [0.1, 0.15) is 11.6 Å². The zero-order valence-corrected chi connectivity index (χ0v) is 13.2. The summed E-state index contributed by atoms with van der Waals surface area (Å²) in [6, 6.07) is 4.02. The van der Waals surface area contributed by atoms with Gasteiger partial charge in [0.05, 0.1) is 0 Å². The fraction of sp³-hybridized carbons (Fsp3) is 0.667. The van der Waals surface area contributed by atoms with E-state index in [-0.39, 0.29) is 11.0 Å². The maximum absolute atomic E-state index is 13.6. The van der Waals surface area contributed by atoms with Crippen LogP contribution >= 0.6 is 0 Å². The summed E-state index contributed by atoms with van der Waals surface area (Å²) in [6.45, 7) is 7.18. The molecule has 1 N–H and O–H groups in total. The summed E-state index contributed by atoms with van der Waals surface area (Å²) in [7, 11) is 0. The molecule has 1 aromatic rings. The SMILES string of the molecule is CC(C)(C)NCC1(c2cc(F)cc(F)c2)CC2(CCC2)C1. The molecule has 0 aromatic heterocycles. The van der Waals surface area contributed by atoms with Gasteiger partial charge in [0.2, 0.25) is 0 Å². The number of rotatable bonds is 3. The molecule has 0 radical (unpaired) electrons. The fourth-order valence-corrected chi connectivity index (χ4v) is 4.14. The smallest absolute Gasteiger partial charge is 0.126 e. The first-order valence-electron chi connectivity index (χ1n) is 7.94. The molecule has 2 aliphatic carbocycles. The van der Waals surface area contributed by atoms with Crippen LogP contribution in [0, 0.1) is 17.0 Å². The van der Waals surface area contributed by atoms with Crippen molar-refractivity contribution in [1.29, 1.82) is 0 Å². The molecule has 0 atom stereocenters. The van der Waals surface area contributed by atoms with Gasteiger partial charge in [-0.2, -0.15) is 0 Å². The maximum atomic E-state index is 13.6. The summed E-state index contributed by atoms with van der Waals surface area (Å²) < 4.78 is 27.2. The Balaban J connectivity index is 1.86. The monoisotopic (exact) mass is 293 g/mol. The molecule has 0 bridgehead atoms. The summed E-state index contributed by atoms with van der Waals surface area (Å²) in [5, 5.41) is 3.54. The fourth-order valence-electron chi connectivity index (χ4n) is 4.14. The molecule has 2 aliphatic rings. The lowest BCUT2D eigenvalue weighted by Crippen LogP contribution is -2.59. The number of benzene rings is 1. The molecule has 0 amide bonds. The van der Waals surface area contributed by atoms with Gasteiger partial charge in [-0.3, -0.25) is 0 Å². The molecule has 2 fully saturated rings. The van der Waals surface area contributed by atoms with Gasteiger partial charge in [-0.15, -0.1) is 0 Å². The lowest BCUT2D eigenvalue weighted by atomic mass is 9.43. The van der Waals surface area contributed by atoms with Crippen molar-refractivity contribution in [2.24, 2.45) is 5.41 Å². The van der Waals surface area contributed by atoms with Crippen LogP contribution in [0.3, 0.4) is 0 Å². The second-order valence-electron chi connectivity index (χ2n) is 8.25. The highest BCUT2D eigenvalue weighted by Crippen LogP contribution is 2.64. The second-order valence-corrected chi connectivity index (χ2v) is 8.25.